The van der Waals surface area contributed by atoms with Crippen LogP contribution in [0.1, 0.15) is 47.0 Å². The highest BCUT2D eigenvalue weighted by atomic mass is 15.1. The van der Waals surface area contributed by atoms with Crippen LogP contribution in [0.5, 0.6) is 0 Å². The normalized spacial score (nSPS) is 13.5. The van der Waals surface area contributed by atoms with Crippen molar-refractivity contribution in [3.63, 3.8) is 0 Å². The maximum absolute atomic E-state index is 3.36. The summed E-state index contributed by atoms with van der Waals surface area (Å²) in [6.07, 6.45) is 3.90. The molecule has 1 atom stereocenters. The van der Waals surface area contributed by atoms with Gasteiger partial charge in [0.2, 0.25) is 0 Å². The minimum atomic E-state index is 0.749. The average molecular weight is 200 g/mol. The first-order chi connectivity index (χ1) is 6.76. The van der Waals surface area contributed by atoms with Crippen LogP contribution >= 0.6 is 0 Å². The Kier molecular flexibility index (Phi) is 9.42. The predicted octanol–water partition coefficient (Wildman–Crippen LogP) is 2.50. The molecular formula is C12H28N2. The molecule has 1 unspecified atom stereocenters. The fourth-order valence-electron chi connectivity index (χ4n) is 1.69. The summed E-state index contributed by atoms with van der Waals surface area (Å²) in [4.78, 5) is 2.58. The Bertz CT molecular complexity index is 115. The molecule has 0 aliphatic carbocycles. The average Bonchev–Trinajstić information content (AvgIpc) is 2.22. The van der Waals surface area contributed by atoms with E-state index in [1.54, 1.807) is 0 Å². The molecule has 0 heterocycles. The lowest BCUT2D eigenvalue weighted by Crippen LogP contribution is -2.33. The van der Waals surface area contributed by atoms with Crippen LogP contribution in [0, 0.1) is 0 Å². The van der Waals surface area contributed by atoms with Crippen LogP contribution in [0.3, 0.4) is 0 Å². The number of hydrogen-bond donors (Lipinski definition) is 1. The number of hydrogen-bond acceptors (Lipinski definition) is 2. The Morgan fingerprint density at radius 2 is 1.86 bits per heavy atom. The molecule has 0 radical (unpaired) electrons. The first-order valence-corrected chi connectivity index (χ1v) is 6.20. The van der Waals surface area contributed by atoms with E-state index in [9.17, 15) is 0 Å². The molecule has 2 heteroatoms. The SMILES string of the molecule is CCNCCCCN(CC)C(C)CC. The molecule has 0 fully saturated rings. The zero-order valence-corrected chi connectivity index (χ0v) is 10.5. The topological polar surface area (TPSA) is 15.3 Å². The van der Waals surface area contributed by atoms with Crippen LogP contribution in [0.15, 0.2) is 0 Å². The van der Waals surface area contributed by atoms with Crippen LogP contribution < -0.4 is 5.32 Å². The van der Waals surface area contributed by atoms with Crippen molar-refractivity contribution < 1.29 is 0 Å². The Hall–Kier alpha value is -0.0800. The highest BCUT2D eigenvalue weighted by molar-refractivity contribution is 4.64. The fraction of sp³-hybridized carbons (Fsp3) is 1.00. The van der Waals surface area contributed by atoms with Gasteiger partial charge < -0.3 is 10.2 Å². The first-order valence-electron chi connectivity index (χ1n) is 6.20. The second-order valence-electron chi connectivity index (χ2n) is 3.95. The molecule has 0 amide bonds. The third-order valence-electron chi connectivity index (χ3n) is 2.92. The van der Waals surface area contributed by atoms with E-state index in [1.165, 1.54) is 38.9 Å². The van der Waals surface area contributed by atoms with Crippen molar-refractivity contribution >= 4 is 0 Å². The largest absolute Gasteiger partial charge is 0.317 e. The van der Waals surface area contributed by atoms with Crippen molar-refractivity contribution in [3.8, 4) is 0 Å². The van der Waals surface area contributed by atoms with Crippen LogP contribution in [0.4, 0.5) is 0 Å². The van der Waals surface area contributed by atoms with Crippen LogP contribution in [0.2, 0.25) is 0 Å². The Morgan fingerprint density at radius 3 is 2.36 bits per heavy atom. The number of unbranched alkanes of at least 4 members (excludes halogenated alkanes) is 1. The van der Waals surface area contributed by atoms with Gasteiger partial charge in [-0.05, 0) is 52.4 Å². The van der Waals surface area contributed by atoms with Gasteiger partial charge >= 0.3 is 0 Å². The Labute approximate surface area is 90.1 Å². The van der Waals surface area contributed by atoms with Gasteiger partial charge in [-0.15, -0.1) is 0 Å². The van der Waals surface area contributed by atoms with E-state index < -0.39 is 0 Å². The molecule has 0 bridgehead atoms. The molecule has 0 spiro atoms. The number of nitrogens with zero attached hydrogens (tertiary/aromatic N) is 1. The molecule has 0 rings (SSSR count). The van der Waals surface area contributed by atoms with Crippen LogP contribution in [-0.2, 0) is 0 Å². The summed E-state index contributed by atoms with van der Waals surface area (Å²) in [7, 11) is 0. The summed E-state index contributed by atoms with van der Waals surface area (Å²) in [5.74, 6) is 0. The quantitative estimate of drug-likeness (QED) is 0.575. The van der Waals surface area contributed by atoms with Gasteiger partial charge in [-0.3, -0.25) is 0 Å². The van der Waals surface area contributed by atoms with Crippen molar-refractivity contribution in [1.29, 1.82) is 0 Å². The second kappa shape index (κ2) is 9.47. The molecule has 0 aromatic rings. The van der Waals surface area contributed by atoms with E-state index in [0.29, 0.717) is 0 Å². The summed E-state index contributed by atoms with van der Waals surface area (Å²) in [6.45, 7) is 13.7. The van der Waals surface area contributed by atoms with Crippen molar-refractivity contribution in [2.24, 2.45) is 0 Å². The first kappa shape index (κ1) is 13.9. The highest BCUT2D eigenvalue weighted by Gasteiger charge is 2.08. The van der Waals surface area contributed by atoms with Gasteiger partial charge in [0.15, 0.2) is 0 Å². The lowest BCUT2D eigenvalue weighted by atomic mass is 10.2. The predicted molar refractivity (Wildman–Crippen MR) is 64.8 cm³/mol. The van der Waals surface area contributed by atoms with Crippen LogP contribution in [-0.4, -0.2) is 37.1 Å². The molecule has 0 saturated carbocycles. The molecule has 86 valence electrons. The summed E-state index contributed by atoms with van der Waals surface area (Å²) < 4.78 is 0. The second-order valence-corrected chi connectivity index (χ2v) is 3.95. The summed E-state index contributed by atoms with van der Waals surface area (Å²) >= 11 is 0. The van der Waals surface area contributed by atoms with Gasteiger partial charge in [-0.2, -0.15) is 0 Å². The zero-order chi connectivity index (χ0) is 10.8. The highest BCUT2D eigenvalue weighted by Crippen LogP contribution is 2.04. The van der Waals surface area contributed by atoms with Crippen molar-refractivity contribution in [2.75, 3.05) is 26.2 Å². The number of nitrogens with one attached hydrogen (secondary N) is 1. The smallest absolute Gasteiger partial charge is 0.00641 e. The van der Waals surface area contributed by atoms with Gasteiger partial charge in [0.25, 0.3) is 0 Å². The van der Waals surface area contributed by atoms with E-state index in [0.717, 1.165) is 12.6 Å². The summed E-state index contributed by atoms with van der Waals surface area (Å²) in [5, 5.41) is 3.36. The van der Waals surface area contributed by atoms with E-state index in [4.69, 9.17) is 0 Å². The molecule has 1 N–H and O–H groups in total. The molecule has 0 aliphatic rings. The van der Waals surface area contributed by atoms with E-state index in [2.05, 4.69) is 37.9 Å². The van der Waals surface area contributed by atoms with Gasteiger partial charge in [0, 0.05) is 6.04 Å². The van der Waals surface area contributed by atoms with Gasteiger partial charge in [-0.1, -0.05) is 20.8 Å². The maximum atomic E-state index is 3.36. The lowest BCUT2D eigenvalue weighted by molar-refractivity contribution is 0.210. The zero-order valence-electron chi connectivity index (χ0n) is 10.5. The van der Waals surface area contributed by atoms with Crippen molar-refractivity contribution in [1.82, 2.24) is 10.2 Å². The molecule has 0 aromatic heterocycles. The van der Waals surface area contributed by atoms with E-state index >= 15 is 0 Å². The third kappa shape index (κ3) is 6.39. The third-order valence-corrected chi connectivity index (χ3v) is 2.92. The molecule has 14 heavy (non-hydrogen) atoms. The van der Waals surface area contributed by atoms with Gasteiger partial charge in [-0.25, -0.2) is 0 Å². The van der Waals surface area contributed by atoms with Crippen LogP contribution in [0.25, 0.3) is 0 Å². The van der Waals surface area contributed by atoms with Crippen molar-refractivity contribution in [2.45, 2.75) is 53.0 Å². The fourth-order valence-corrected chi connectivity index (χ4v) is 1.69. The maximum Gasteiger partial charge on any atom is 0.00641 e. The molecule has 2 nitrogen and oxygen atoms in total. The number of rotatable bonds is 9. The Morgan fingerprint density at radius 1 is 1.14 bits per heavy atom. The standard InChI is InChI=1S/C12H28N2/c1-5-12(4)14(7-3)11-9-8-10-13-6-2/h12-13H,5-11H2,1-4H3. The molecule has 0 aliphatic heterocycles. The molecule has 0 aromatic carbocycles. The van der Waals surface area contributed by atoms with Gasteiger partial charge in [0.1, 0.15) is 0 Å². The monoisotopic (exact) mass is 200 g/mol. The minimum Gasteiger partial charge on any atom is -0.317 e. The molecule has 0 saturated heterocycles. The Balaban J connectivity index is 3.42. The van der Waals surface area contributed by atoms with E-state index in [1.807, 2.05) is 0 Å². The van der Waals surface area contributed by atoms with Crippen molar-refractivity contribution in [3.05, 3.63) is 0 Å². The summed E-state index contributed by atoms with van der Waals surface area (Å²) in [6, 6.07) is 0.749. The van der Waals surface area contributed by atoms with E-state index in [-0.39, 0.29) is 0 Å². The summed E-state index contributed by atoms with van der Waals surface area (Å²) in [5.41, 5.74) is 0. The minimum absolute atomic E-state index is 0.749. The van der Waals surface area contributed by atoms with Gasteiger partial charge in [0.05, 0.1) is 0 Å². The molecular weight excluding hydrogens is 172 g/mol. The lowest BCUT2D eigenvalue weighted by Gasteiger charge is -2.26.